The molecule has 0 fully saturated rings. The molecule has 28 heavy (non-hydrogen) atoms. The van der Waals surface area contributed by atoms with E-state index >= 15 is 0 Å². The minimum absolute atomic E-state index is 0.110. The quantitative estimate of drug-likeness (QED) is 0.204. The molecule has 0 aliphatic carbocycles. The molecule has 2 amide bonds. The second kappa shape index (κ2) is 12.3. The summed E-state index contributed by atoms with van der Waals surface area (Å²) in [6.45, 7) is 0.444. The standard InChI is InChI=1S/C21H29BrN2O3S/c1-23-20(26)11-10-16(15-25)24-14-18-17(21(24)27)8-7-9-19(18)28-13-6-4-2-3-5-12-22/h7-9,15-16H,2-6,10-14H2,1H3,(H,23,26). The van der Waals surface area contributed by atoms with E-state index in [0.717, 1.165) is 34.2 Å². The van der Waals surface area contributed by atoms with Crippen molar-refractivity contribution in [3.05, 3.63) is 29.3 Å². The minimum atomic E-state index is -0.565. The van der Waals surface area contributed by atoms with Crippen molar-refractivity contribution < 1.29 is 14.4 Å². The summed E-state index contributed by atoms with van der Waals surface area (Å²) in [4.78, 5) is 38.6. The fourth-order valence-corrected chi connectivity index (χ4v) is 4.83. The van der Waals surface area contributed by atoms with Crippen molar-refractivity contribution in [2.45, 2.75) is 62.4 Å². The average Bonchev–Trinajstić information content (AvgIpc) is 3.05. The minimum Gasteiger partial charge on any atom is -0.359 e. The summed E-state index contributed by atoms with van der Waals surface area (Å²) >= 11 is 5.25. The van der Waals surface area contributed by atoms with E-state index in [2.05, 4.69) is 27.3 Å². The number of thioether (sulfide) groups is 1. The molecule has 1 aliphatic heterocycles. The molecule has 2 rings (SSSR count). The summed E-state index contributed by atoms with van der Waals surface area (Å²) < 4.78 is 0. The molecule has 0 spiro atoms. The summed E-state index contributed by atoms with van der Waals surface area (Å²) in [6.07, 6.45) is 7.52. The van der Waals surface area contributed by atoms with Crippen molar-refractivity contribution >= 4 is 45.8 Å². The van der Waals surface area contributed by atoms with Gasteiger partial charge in [-0.05, 0) is 42.7 Å². The van der Waals surface area contributed by atoms with Crippen LogP contribution in [0.2, 0.25) is 0 Å². The zero-order chi connectivity index (χ0) is 20.4. The van der Waals surface area contributed by atoms with Gasteiger partial charge in [-0.1, -0.05) is 41.3 Å². The third kappa shape index (κ3) is 6.34. The van der Waals surface area contributed by atoms with Gasteiger partial charge in [0.25, 0.3) is 5.91 Å². The van der Waals surface area contributed by atoms with Crippen LogP contribution in [0.25, 0.3) is 0 Å². The number of carbonyl (C=O) groups is 3. The molecule has 0 aromatic heterocycles. The largest absolute Gasteiger partial charge is 0.359 e. The van der Waals surface area contributed by atoms with E-state index in [9.17, 15) is 14.4 Å². The smallest absolute Gasteiger partial charge is 0.255 e. The maximum absolute atomic E-state index is 12.8. The second-order valence-electron chi connectivity index (χ2n) is 6.94. The van der Waals surface area contributed by atoms with Gasteiger partial charge in [-0.2, -0.15) is 0 Å². The normalized spacial score (nSPS) is 14.1. The first-order valence-corrected chi connectivity index (χ1v) is 12.0. The first-order valence-electron chi connectivity index (χ1n) is 9.89. The molecule has 1 aromatic carbocycles. The molecule has 1 atom stereocenters. The topological polar surface area (TPSA) is 66.5 Å². The number of hydrogen-bond donors (Lipinski definition) is 1. The number of aldehydes is 1. The number of amides is 2. The van der Waals surface area contributed by atoms with Gasteiger partial charge in [-0.25, -0.2) is 0 Å². The Morgan fingerprint density at radius 1 is 1.29 bits per heavy atom. The first kappa shape index (κ1) is 22.9. The molecule has 5 nitrogen and oxygen atoms in total. The van der Waals surface area contributed by atoms with Crippen molar-refractivity contribution in [3.63, 3.8) is 0 Å². The van der Waals surface area contributed by atoms with Gasteiger partial charge < -0.3 is 15.0 Å². The Bertz CT molecular complexity index is 684. The Labute approximate surface area is 180 Å². The Kier molecular flexibility index (Phi) is 10.1. The molecule has 1 heterocycles. The highest BCUT2D eigenvalue weighted by molar-refractivity contribution is 9.09. The maximum Gasteiger partial charge on any atom is 0.255 e. The van der Waals surface area contributed by atoms with Crippen LogP contribution >= 0.6 is 27.7 Å². The Balaban J connectivity index is 1.93. The summed E-state index contributed by atoms with van der Waals surface area (Å²) in [7, 11) is 1.57. The highest BCUT2D eigenvalue weighted by Crippen LogP contribution is 2.34. The summed E-state index contributed by atoms with van der Waals surface area (Å²) in [5, 5.41) is 3.63. The number of fused-ring (bicyclic) bond motifs is 1. The van der Waals surface area contributed by atoms with Crippen molar-refractivity contribution in [2.75, 3.05) is 18.1 Å². The van der Waals surface area contributed by atoms with Crippen LogP contribution < -0.4 is 5.32 Å². The van der Waals surface area contributed by atoms with Gasteiger partial charge >= 0.3 is 0 Å². The molecular weight excluding hydrogens is 440 g/mol. The van der Waals surface area contributed by atoms with Gasteiger partial charge in [-0.15, -0.1) is 11.8 Å². The fourth-order valence-electron chi connectivity index (χ4n) is 3.34. The van der Waals surface area contributed by atoms with E-state index in [1.807, 2.05) is 12.1 Å². The van der Waals surface area contributed by atoms with Crippen LogP contribution in [0.15, 0.2) is 23.1 Å². The van der Waals surface area contributed by atoms with Crippen molar-refractivity contribution in [2.24, 2.45) is 0 Å². The Morgan fingerprint density at radius 3 is 2.75 bits per heavy atom. The van der Waals surface area contributed by atoms with Crippen molar-refractivity contribution in [1.29, 1.82) is 0 Å². The highest BCUT2D eigenvalue weighted by atomic mass is 79.9. The fraction of sp³-hybridized carbons (Fsp3) is 0.571. The van der Waals surface area contributed by atoms with E-state index in [4.69, 9.17) is 0 Å². The lowest BCUT2D eigenvalue weighted by Crippen LogP contribution is -2.37. The van der Waals surface area contributed by atoms with E-state index in [1.54, 1.807) is 23.7 Å². The van der Waals surface area contributed by atoms with Gasteiger partial charge in [0.05, 0.1) is 6.04 Å². The molecule has 1 aliphatic rings. The SMILES string of the molecule is CNC(=O)CCC(C=O)N1Cc2c(SCCCCCCCBr)cccc2C1=O. The first-order chi connectivity index (χ1) is 13.6. The summed E-state index contributed by atoms with van der Waals surface area (Å²) in [6, 6.07) is 5.25. The Hall–Kier alpha value is -1.34. The molecular formula is C21H29BrN2O3S. The molecule has 0 saturated carbocycles. The summed E-state index contributed by atoms with van der Waals surface area (Å²) in [5.41, 5.74) is 1.71. The molecule has 1 N–H and O–H groups in total. The van der Waals surface area contributed by atoms with Gasteiger partial charge in [0.2, 0.25) is 5.91 Å². The van der Waals surface area contributed by atoms with Crippen LogP contribution in [0.4, 0.5) is 0 Å². The number of nitrogens with one attached hydrogen (secondary N) is 1. The number of unbranched alkanes of at least 4 members (excludes halogenated alkanes) is 4. The van der Waals surface area contributed by atoms with E-state index in [1.165, 1.54) is 25.7 Å². The molecule has 154 valence electrons. The number of halogens is 1. The average molecular weight is 469 g/mol. The van der Waals surface area contributed by atoms with E-state index in [-0.39, 0.29) is 18.2 Å². The van der Waals surface area contributed by atoms with Crippen LogP contribution in [0.3, 0.4) is 0 Å². The van der Waals surface area contributed by atoms with Crippen LogP contribution in [-0.2, 0) is 16.1 Å². The van der Waals surface area contributed by atoms with Crippen LogP contribution in [0.1, 0.15) is 60.9 Å². The number of nitrogens with zero attached hydrogens (tertiary/aromatic N) is 1. The molecule has 0 radical (unpaired) electrons. The van der Waals surface area contributed by atoms with Crippen LogP contribution in [-0.4, -0.2) is 47.2 Å². The predicted octanol–water partition coefficient (Wildman–Crippen LogP) is 4.17. The lowest BCUT2D eigenvalue weighted by Gasteiger charge is -2.22. The number of alkyl halides is 1. The number of benzene rings is 1. The van der Waals surface area contributed by atoms with Crippen LogP contribution in [0.5, 0.6) is 0 Å². The molecule has 1 unspecified atom stereocenters. The van der Waals surface area contributed by atoms with Gasteiger partial charge in [0.15, 0.2) is 0 Å². The lowest BCUT2D eigenvalue weighted by atomic mass is 10.1. The number of carbonyl (C=O) groups excluding carboxylic acids is 3. The third-order valence-corrected chi connectivity index (χ3v) is 6.74. The molecule has 0 bridgehead atoms. The Morgan fingerprint density at radius 2 is 2.04 bits per heavy atom. The zero-order valence-electron chi connectivity index (χ0n) is 16.4. The third-order valence-electron chi connectivity index (χ3n) is 4.99. The van der Waals surface area contributed by atoms with Crippen LogP contribution in [0, 0.1) is 0 Å². The van der Waals surface area contributed by atoms with Crippen molar-refractivity contribution in [1.82, 2.24) is 10.2 Å². The molecule has 0 saturated heterocycles. The molecule has 1 aromatic rings. The van der Waals surface area contributed by atoms with Gasteiger partial charge in [-0.3, -0.25) is 9.59 Å². The van der Waals surface area contributed by atoms with Gasteiger partial charge in [0.1, 0.15) is 6.29 Å². The van der Waals surface area contributed by atoms with Crippen molar-refractivity contribution in [3.8, 4) is 0 Å². The zero-order valence-corrected chi connectivity index (χ0v) is 18.8. The highest BCUT2D eigenvalue weighted by Gasteiger charge is 2.34. The summed E-state index contributed by atoms with van der Waals surface area (Å²) in [5.74, 6) is 0.803. The van der Waals surface area contributed by atoms with E-state index < -0.39 is 6.04 Å². The maximum atomic E-state index is 12.8. The number of hydrogen-bond acceptors (Lipinski definition) is 4. The monoisotopic (exact) mass is 468 g/mol. The lowest BCUT2D eigenvalue weighted by molar-refractivity contribution is -0.121. The van der Waals surface area contributed by atoms with Gasteiger partial charge in [0, 0.05) is 35.8 Å². The second-order valence-corrected chi connectivity index (χ2v) is 8.87. The number of rotatable bonds is 13. The predicted molar refractivity (Wildman–Crippen MR) is 117 cm³/mol. The van der Waals surface area contributed by atoms with E-state index in [0.29, 0.717) is 18.5 Å². The molecule has 7 heteroatoms.